The van der Waals surface area contributed by atoms with Gasteiger partial charge in [0.2, 0.25) is 0 Å². The molecule has 0 aliphatic carbocycles. The lowest BCUT2D eigenvalue weighted by Gasteiger charge is -2.19. The van der Waals surface area contributed by atoms with Gasteiger partial charge in [-0.05, 0) is 36.2 Å². The van der Waals surface area contributed by atoms with Crippen molar-refractivity contribution < 1.29 is 14.3 Å². The van der Waals surface area contributed by atoms with Crippen LogP contribution >= 0.6 is 0 Å². The first-order valence-corrected chi connectivity index (χ1v) is 8.06. The number of carbonyl (C=O) groups excluding carboxylic acids is 1. The van der Waals surface area contributed by atoms with Gasteiger partial charge in [0.1, 0.15) is 5.82 Å². The van der Waals surface area contributed by atoms with E-state index in [1.165, 1.54) is 4.90 Å². The van der Waals surface area contributed by atoms with Crippen LogP contribution in [0.4, 0.5) is 5.82 Å². The molecule has 0 unspecified atom stereocenters. The molecule has 6 heteroatoms. The van der Waals surface area contributed by atoms with Crippen LogP contribution in [0.15, 0.2) is 36.5 Å². The minimum atomic E-state index is -0.0490. The molecule has 0 radical (unpaired) electrons. The first-order chi connectivity index (χ1) is 12.0. The maximum Gasteiger partial charge on any atom is 0.254 e. The molecule has 0 N–H and O–H groups in total. The zero-order valence-corrected chi connectivity index (χ0v) is 15.4. The van der Waals surface area contributed by atoms with Gasteiger partial charge in [0.05, 0.1) is 19.8 Å². The molecule has 0 saturated carbocycles. The van der Waals surface area contributed by atoms with Crippen LogP contribution in [-0.4, -0.2) is 57.7 Å². The second-order valence-corrected chi connectivity index (χ2v) is 5.97. The maximum atomic E-state index is 11.9. The van der Waals surface area contributed by atoms with E-state index in [2.05, 4.69) is 9.88 Å². The molecule has 6 nitrogen and oxygen atoms in total. The van der Waals surface area contributed by atoms with Gasteiger partial charge in [-0.2, -0.15) is 0 Å². The summed E-state index contributed by atoms with van der Waals surface area (Å²) in [6, 6.07) is 9.59. The molecule has 134 valence electrons. The number of rotatable bonds is 7. The van der Waals surface area contributed by atoms with Crippen molar-refractivity contribution in [3.05, 3.63) is 47.7 Å². The van der Waals surface area contributed by atoms with Crippen LogP contribution in [0, 0.1) is 0 Å². The number of likely N-dealkylation sites (N-methyl/N-ethyl adjacent to an activating group) is 1. The van der Waals surface area contributed by atoms with E-state index in [-0.39, 0.29) is 5.91 Å². The summed E-state index contributed by atoms with van der Waals surface area (Å²) >= 11 is 0. The average molecular weight is 343 g/mol. The predicted molar refractivity (Wildman–Crippen MR) is 98.8 cm³/mol. The van der Waals surface area contributed by atoms with E-state index in [1.807, 2.05) is 31.3 Å². The molecule has 1 aromatic heterocycles. The predicted octanol–water partition coefficient (Wildman–Crippen LogP) is 2.48. The first kappa shape index (κ1) is 18.6. The fourth-order valence-electron chi connectivity index (χ4n) is 2.44. The number of ether oxygens (including phenoxy) is 2. The Bertz CT molecular complexity index is 714. The van der Waals surface area contributed by atoms with Gasteiger partial charge >= 0.3 is 0 Å². The van der Waals surface area contributed by atoms with Crippen LogP contribution in [0.2, 0.25) is 0 Å². The second kappa shape index (κ2) is 8.37. The Balaban J connectivity index is 2.00. The van der Waals surface area contributed by atoms with Gasteiger partial charge in [0.25, 0.3) is 5.91 Å². The maximum absolute atomic E-state index is 11.9. The van der Waals surface area contributed by atoms with Gasteiger partial charge in [-0.3, -0.25) is 4.79 Å². The number of carbonyl (C=O) groups is 1. The number of methoxy groups -OCH3 is 2. The Hall–Kier alpha value is -2.76. The van der Waals surface area contributed by atoms with Crippen LogP contribution in [0.1, 0.15) is 15.9 Å². The Morgan fingerprint density at radius 3 is 2.32 bits per heavy atom. The number of amides is 1. The van der Waals surface area contributed by atoms with Crippen molar-refractivity contribution in [2.75, 3.05) is 46.8 Å². The van der Waals surface area contributed by atoms with E-state index in [1.54, 1.807) is 40.6 Å². The number of benzene rings is 1. The molecule has 25 heavy (non-hydrogen) atoms. The largest absolute Gasteiger partial charge is 0.493 e. The van der Waals surface area contributed by atoms with E-state index in [0.717, 1.165) is 35.8 Å². The molecule has 2 aromatic rings. The van der Waals surface area contributed by atoms with E-state index in [4.69, 9.17) is 9.47 Å². The van der Waals surface area contributed by atoms with Crippen molar-refractivity contribution in [1.29, 1.82) is 0 Å². The van der Waals surface area contributed by atoms with Crippen molar-refractivity contribution in [3.63, 3.8) is 0 Å². The van der Waals surface area contributed by atoms with E-state index in [0.29, 0.717) is 5.56 Å². The van der Waals surface area contributed by atoms with Crippen LogP contribution in [0.25, 0.3) is 0 Å². The Labute approximate surface area is 149 Å². The van der Waals surface area contributed by atoms with Gasteiger partial charge in [0.15, 0.2) is 11.5 Å². The van der Waals surface area contributed by atoms with Crippen LogP contribution in [0.3, 0.4) is 0 Å². The summed E-state index contributed by atoms with van der Waals surface area (Å²) < 4.78 is 10.6. The molecule has 1 heterocycles. The molecule has 0 atom stereocenters. The Kier molecular flexibility index (Phi) is 6.22. The summed E-state index contributed by atoms with van der Waals surface area (Å²) in [6.45, 7) is 0.795. The third kappa shape index (κ3) is 4.62. The highest BCUT2D eigenvalue weighted by molar-refractivity contribution is 5.93. The fraction of sp³-hybridized carbons (Fsp3) is 0.368. The monoisotopic (exact) mass is 343 g/mol. The lowest BCUT2D eigenvalue weighted by atomic mass is 10.1. The summed E-state index contributed by atoms with van der Waals surface area (Å²) in [5.41, 5.74) is 1.74. The van der Waals surface area contributed by atoms with Crippen LogP contribution < -0.4 is 14.4 Å². The van der Waals surface area contributed by atoms with E-state index >= 15 is 0 Å². The zero-order valence-electron chi connectivity index (χ0n) is 15.4. The van der Waals surface area contributed by atoms with E-state index < -0.39 is 0 Å². The summed E-state index contributed by atoms with van der Waals surface area (Å²) in [5, 5.41) is 0. The molecular formula is C19H25N3O3. The zero-order chi connectivity index (χ0) is 18.4. The highest BCUT2D eigenvalue weighted by Gasteiger charge is 2.10. The van der Waals surface area contributed by atoms with Gasteiger partial charge in [-0.1, -0.05) is 6.07 Å². The van der Waals surface area contributed by atoms with Crippen LogP contribution in [-0.2, 0) is 6.42 Å². The minimum Gasteiger partial charge on any atom is -0.493 e. The van der Waals surface area contributed by atoms with Gasteiger partial charge < -0.3 is 19.3 Å². The van der Waals surface area contributed by atoms with Crippen molar-refractivity contribution in [3.8, 4) is 11.5 Å². The number of anilines is 1. The van der Waals surface area contributed by atoms with Crippen molar-refractivity contribution >= 4 is 11.7 Å². The standard InChI is InChI=1S/C19H25N3O3/c1-21(2)19(23)15-7-9-18(20-13-15)22(3)11-10-14-6-8-16(24-4)17(12-14)25-5/h6-9,12-13H,10-11H2,1-5H3. The number of hydrogen-bond acceptors (Lipinski definition) is 5. The number of hydrogen-bond donors (Lipinski definition) is 0. The van der Waals surface area contributed by atoms with Gasteiger partial charge in [-0.15, -0.1) is 0 Å². The third-order valence-corrected chi connectivity index (χ3v) is 3.98. The second-order valence-electron chi connectivity index (χ2n) is 5.97. The van der Waals surface area contributed by atoms with Gasteiger partial charge in [0, 0.05) is 33.9 Å². The number of nitrogens with zero attached hydrogens (tertiary/aromatic N) is 3. The summed E-state index contributed by atoms with van der Waals surface area (Å²) in [5.74, 6) is 2.23. The SMILES string of the molecule is COc1ccc(CCN(C)c2ccc(C(=O)N(C)C)cn2)cc1OC. The summed E-state index contributed by atoms with van der Waals surface area (Å²) in [4.78, 5) is 19.9. The molecule has 0 aliphatic rings. The third-order valence-electron chi connectivity index (χ3n) is 3.98. The molecule has 1 aromatic carbocycles. The lowest BCUT2D eigenvalue weighted by Crippen LogP contribution is -2.23. The molecule has 0 fully saturated rings. The van der Waals surface area contributed by atoms with E-state index in [9.17, 15) is 4.79 Å². The minimum absolute atomic E-state index is 0.0490. The van der Waals surface area contributed by atoms with Crippen molar-refractivity contribution in [1.82, 2.24) is 9.88 Å². The number of pyridine rings is 1. The highest BCUT2D eigenvalue weighted by Crippen LogP contribution is 2.27. The molecular weight excluding hydrogens is 318 g/mol. The first-order valence-electron chi connectivity index (χ1n) is 8.06. The fourth-order valence-corrected chi connectivity index (χ4v) is 2.44. The summed E-state index contributed by atoms with van der Waals surface area (Å²) in [7, 11) is 8.70. The quantitative estimate of drug-likeness (QED) is 0.773. The lowest BCUT2D eigenvalue weighted by molar-refractivity contribution is 0.0827. The average Bonchev–Trinajstić information content (AvgIpc) is 2.65. The highest BCUT2D eigenvalue weighted by atomic mass is 16.5. The normalized spacial score (nSPS) is 10.3. The molecule has 1 amide bonds. The van der Waals surface area contributed by atoms with Crippen LogP contribution in [0.5, 0.6) is 11.5 Å². The van der Waals surface area contributed by atoms with Crippen molar-refractivity contribution in [2.45, 2.75) is 6.42 Å². The van der Waals surface area contributed by atoms with Crippen molar-refractivity contribution in [2.24, 2.45) is 0 Å². The Morgan fingerprint density at radius 2 is 1.76 bits per heavy atom. The topological polar surface area (TPSA) is 54.9 Å². The van der Waals surface area contributed by atoms with Gasteiger partial charge in [-0.25, -0.2) is 4.98 Å². The molecule has 0 saturated heterocycles. The smallest absolute Gasteiger partial charge is 0.254 e. The molecule has 0 spiro atoms. The number of aromatic nitrogens is 1. The molecule has 0 aliphatic heterocycles. The Morgan fingerprint density at radius 1 is 1.04 bits per heavy atom. The molecule has 2 rings (SSSR count). The molecule has 0 bridgehead atoms. The summed E-state index contributed by atoms with van der Waals surface area (Å²) in [6.07, 6.45) is 2.46.